The maximum Gasteiger partial charge on any atom is 0.161 e. The van der Waals surface area contributed by atoms with Crippen LogP contribution in [0.25, 0.3) is 0 Å². The number of halogens is 1. The van der Waals surface area contributed by atoms with Gasteiger partial charge in [0.15, 0.2) is 5.78 Å². The molecule has 0 amide bonds. The molecule has 1 aromatic carbocycles. The quantitative estimate of drug-likeness (QED) is 0.704. The Morgan fingerprint density at radius 1 is 1.43 bits per heavy atom. The minimum Gasteiger partial charge on any atom is -0.496 e. The number of ketones is 1. The lowest BCUT2D eigenvalue weighted by atomic mass is 10.0. The first kappa shape index (κ1) is 11.1. The average molecular weight is 213 g/mol. The molecule has 1 aromatic rings. The fourth-order valence-electron chi connectivity index (χ4n) is 1.66. The lowest BCUT2D eigenvalue weighted by molar-refractivity contribution is 0.101. The third kappa shape index (κ3) is 1.75. The summed E-state index contributed by atoms with van der Waals surface area (Å²) in [7, 11) is 1.59. The highest BCUT2D eigenvalue weighted by Crippen LogP contribution is 2.31. The highest BCUT2D eigenvalue weighted by molar-refractivity contribution is 6.34. The van der Waals surface area contributed by atoms with Crippen molar-refractivity contribution < 1.29 is 9.53 Å². The molecule has 14 heavy (non-hydrogen) atoms. The van der Waals surface area contributed by atoms with Gasteiger partial charge >= 0.3 is 0 Å². The SMILES string of the molecule is COc1c(C)cc(Cl)c(C(C)=O)c1C. The lowest BCUT2D eigenvalue weighted by Crippen LogP contribution is -2.01. The molecule has 0 aromatic heterocycles. The van der Waals surface area contributed by atoms with Gasteiger partial charge in [0.2, 0.25) is 0 Å². The molecule has 0 fully saturated rings. The molecule has 0 bridgehead atoms. The second-order valence-electron chi connectivity index (χ2n) is 3.26. The van der Waals surface area contributed by atoms with Crippen molar-refractivity contribution in [2.45, 2.75) is 20.8 Å². The summed E-state index contributed by atoms with van der Waals surface area (Å²) in [5, 5.41) is 0.494. The van der Waals surface area contributed by atoms with Crippen LogP contribution in [0, 0.1) is 13.8 Å². The van der Waals surface area contributed by atoms with Gasteiger partial charge in [-0.2, -0.15) is 0 Å². The zero-order chi connectivity index (χ0) is 10.9. The number of Topliss-reactive ketones (excluding diaryl/α,β-unsaturated/α-hetero) is 1. The fraction of sp³-hybridized carbons (Fsp3) is 0.364. The van der Waals surface area contributed by atoms with Crippen molar-refractivity contribution in [2.75, 3.05) is 7.11 Å². The van der Waals surface area contributed by atoms with E-state index in [0.717, 1.165) is 16.9 Å². The summed E-state index contributed by atoms with van der Waals surface area (Å²) < 4.78 is 5.21. The first-order valence-corrected chi connectivity index (χ1v) is 4.71. The number of ether oxygens (including phenoxy) is 1. The standard InChI is InChI=1S/C11H13ClO2/c1-6-5-9(12)10(8(3)13)7(2)11(6)14-4/h5H,1-4H3. The van der Waals surface area contributed by atoms with E-state index in [1.165, 1.54) is 6.92 Å². The molecule has 0 heterocycles. The Labute approximate surface area is 88.8 Å². The Bertz CT molecular complexity index is 383. The van der Waals surface area contributed by atoms with Crippen molar-refractivity contribution in [1.82, 2.24) is 0 Å². The number of benzene rings is 1. The molecule has 0 aliphatic heterocycles. The Balaban J connectivity index is 3.52. The second kappa shape index (κ2) is 4.01. The molecular formula is C11H13ClO2. The van der Waals surface area contributed by atoms with Crippen LogP contribution in [0.15, 0.2) is 6.07 Å². The fourth-order valence-corrected chi connectivity index (χ4v) is 2.10. The van der Waals surface area contributed by atoms with Gasteiger partial charge in [-0.05, 0) is 32.4 Å². The van der Waals surface area contributed by atoms with E-state index in [4.69, 9.17) is 16.3 Å². The van der Waals surface area contributed by atoms with Crippen LogP contribution in [-0.4, -0.2) is 12.9 Å². The van der Waals surface area contributed by atoms with Crippen molar-refractivity contribution in [3.05, 3.63) is 27.8 Å². The summed E-state index contributed by atoms with van der Waals surface area (Å²) in [5.41, 5.74) is 2.30. The van der Waals surface area contributed by atoms with Gasteiger partial charge in [0.25, 0.3) is 0 Å². The predicted octanol–water partition coefficient (Wildman–Crippen LogP) is 3.17. The van der Waals surface area contributed by atoms with E-state index in [1.807, 2.05) is 13.8 Å². The molecule has 0 aliphatic carbocycles. The summed E-state index contributed by atoms with van der Waals surface area (Å²) in [6.45, 7) is 5.25. The van der Waals surface area contributed by atoms with Gasteiger partial charge < -0.3 is 4.74 Å². The van der Waals surface area contributed by atoms with Crippen molar-refractivity contribution in [3.63, 3.8) is 0 Å². The van der Waals surface area contributed by atoms with Gasteiger partial charge in [-0.15, -0.1) is 0 Å². The van der Waals surface area contributed by atoms with Crippen molar-refractivity contribution in [3.8, 4) is 5.75 Å². The Morgan fingerprint density at radius 2 is 2.00 bits per heavy atom. The Morgan fingerprint density at radius 3 is 2.43 bits per heavy atom. The lowest BCUT2D eigenvalue weighted by Gasteiger charge is -2.12. The van der Waals surface area contributed by atoms with Crippen LogP contribution >= 0.6 is 11.6 Å². The monoisotopic (exact) mass is 212 g/mol. The van der Waals surface area contributed by atoms with Crippen LogP contribution in [0.5, 0.6) is 5.75 Å². The predicted molar refractivity (Wildman–Crippen MR) is 57.5 cm³/mol. The van der Waals surface area contributed by atoms with Crippen LogP contribution in [-0.2, 0) is 0 Å². The zero-order valence-electron chi connectivity index (χ0n) is 8.77. The Hall–Kier alpha value is -1.02. The molecule has 76 valence electrons. The minimum atomic E-state index is -0.0363. The van der Waals surface area contributed by atoms with Crippen molar-refractivity contribution in [2.24, 2.45) is 0 Å². The number of hydrogen-bond acceptors (Lipinski definition) is 2. The molecule has 0 unspecified atom stereocenters. The van der Waals surface area contributed by atoms with Crippen LogP contribution in [0.1, 0.15) is 28.4 Å². The van der Waals surface area contributed by atoms with Crippen molar-refractivity contribution in [1.29, 1.82) is 0 Å². The number of methoxy groups -OCH3 is 1. The molecule has 0 aliphatic rings. The second-order valence-corrected chi connectivity index (χ2v) is 3.67. The van der Waals surface area contributed by atoms with E-state index in [-0.39, 0.29) is 5.78 Å². The number of carbonyl (C=O) groups excluding carboxylic acids is 1. The molecule has 0 N–H and O–H groups in total. The third-order valence-corrected chi connectivity index (χ3v) is 2.51. The maximum atomic E-state index is 11.3. The van der Waals surface area contributed by atoms with Gasteiger partial charge in [0.1, 0.15) is 5.75 Å². The van der Waals surface area contributed by atoms with Crippen molar-refractivity contribution >= 4 is 17.4 Å². The topological polar surface area (TPSA) is 26.3 Å². The molecule has 1 rings (SSSR count). The van der Waals surface area contributed by atoms with Crippen LogP contribution in [0.2, 0.25) is 5.02 Å². The van der Waals surface area contributed by atoms with Gasteiger partial charge in [-0.1, -0.05) is 11.6 Å². The number of carbonyl (C=O) groups is 1. The molecular weight excluding hydrogens is 200 g/mol. The molecule has 0 saturated heterocycles. The van der Waals surface area contributed by atoms with E-state index in [0.29, 0.717) is 10.6 Å². The minimum absolute atomic E-state index is 0.0363. The summed E-state index contributed by atoms with van der Waals surface area (Å²) in [5.74, 6) is 0.699. The first-order valence-electron chi connectivity index (χ1n) is 4.33. The van der Waals surface area contributed by atoms with Gasteiger partial charge in [0, 0.05) is 11.1 Å². The summed E-state index contributed by atoms with van der Waals surface area (Å²) >= 11 is 5.98. The number of rotatable bonds is 2. The van der Waals surface area contributed by atoms with Crippen LogP contribution in [0.4, 0.5) is 0 Å². The molecule has 0 spiro atoms. The van der Waals surface area contributed by atoms with E-state index in [1.54, 1.807) is 13.2 Å². The average Bonchev–Trinajstić information content (AvgIpc) is 2.02. The smallest absolute Gasteiger partial charge is 0.161 e. The van der Waals surface area contributed by atoms with E-state index in [2.05, 4.69) is 0 Å². The molecule has 0 atom stereocenters. The molecule has 0 radical (unpaired) electrons. The van der Waals surface area contributed by atoms with E-state index < -0.39 is 0 Å². The number of aryl methyl sites for hydroxylation is 1. The summed E-state index contributed by atoms with van der Waals surface area (Å²) in [4.78, 5) is 11.3. The first-order chi connectivity index (χ1) is 6.49. The van der Waals surface area contributed by atoms with Crippen LogP contribution < -0.4 is 4.74 Å². The zero-order valence-corrected chi connectivity index (χ0v) is 9.53. The summed E-state index contributed by atoms with van der Waals surface area (Å²) in [6.07, 6.45) is 0. The normalized spacial score (nSPS) is 10.1. The third-order valence-electron chi connectivity index (χ3n) is 2.21. The van der Waals surface area contributed by atoms with Gasteiger partial charge in [-0.3, -0.25) is 4.79 Å². The largest absolute Gasteiger partial charge is 0.496 e. The van der Waals surface area contributed by atoms with Gasteiger partial charge in [0.05, 0.1) is 12.1 Å². The Kier molecular flexibility index (Phi) is 3.17. The highest BCUT2D eigenvalue weighted by Gasteiger charge is 2.15. The van der Waals surface area contributed by atoms with Gasteiger partial charge in [-0.25, -0.2) is 0 Å². The molecule has 2 nitrogen and oxygen atoms in total. The molecule has 0 saturated carbocycles. The molecule has 3 heteroatoms. The number of hydrogen-bond donors (Lipinski definition) is 0. The maximum absolute atomic E-state index is 11.3. The van der Waals surface area contributed by atoms with E-state index in [9.17, 15) is 4.79 Å². The van der Waals surface area contributed by atoms with E-state index >= 15 is 0 Å². The van der Waals surface area contributed by atoms with Crippen LogP contribution in [0.3, 0.4) is 0 Å². The highest BCUT2D eigenvalue weighted by atomic mass is 35.5. The summed E-state index contributed by atoms with van der Waals surface area (Å²) in [6, 6.07) is 1.75.